The molecule has 9 rings (SSSR count). The molecule has 4 heteroatoms. The van der Waals surface area contributed by atoms with E-state index in [1.165, 1.54) is 0 Å². The van der Waals surface area contributed by atoms with Gasteiger partial charge in [-0.1, -0.05) is 151 Å². The highest BCUT2D eigenvalue weighted by molar-refractivity contribution is 7.25. The van der Waals surface area contributed by atoms with E-state index in [-0.39, 0.29) is 43.2 Å². The lowest BCUT2D eigenvalue weighted by Crippen LogP contribution is -2.00. The lowest BCUT2D eigenvalue weighted by Gasteiger charge is -2.10. The SMILES string of the molecule is [2H]c1c([2H])c(-c2c([2H])c([2H])c(-c3nc(-c4ccccc4)nc(-c4ccc(-c5ccccc5)cc4)n3)c([2H])c2[2H])c([2H])c(-c2c([2H])c([2H])c3sc4c([2H])c([2H])c([2H])c([2H])c4c3c2[2H])c1[2H]. The number of fused-ring (bicyclic) bond motifs is 3. The van der Waals surface area contributed by atoms with Crippen molar-refractivity contribution in [3.05, 3.63) is 176 Å². The highest BCUT2D eigenvalue weighted by atomic mass is 32.1. The summed E-state index contributed by atoms with van der Waals surface area (Å²) in [6.07, 6.45) is 0. The number of benzene rings is 7. The maximum absolute atomic E-state index is 9.41. The fourth-order valence-electron chi connectivity index (χ4n) is 5.35. The number of hydrogen-bond donors (Lipinski definition) is 0. The third kappa shape index (κ3) is 5.69. The molecular weight excluding hydrogens is 615 g/mol. The van der Waals surface area contributed by atoms with Crippen LogP contribution < -0.4 is 0 Å². The normalized spacial score (nSPS) is 15.6. The van der Waals surface area contributed by atoms with Crippen LogP contribution in [-0.4, -0.2) is 15.0 Å². The number of nitrogens with zero attached hydrogens (tertiary/aromatic N) is 3. The van der Waals surface area contributed by atoms with Crippen LogP contribution in [0.5, 0.6) is 0 Å². The van der Waals surface area contributed by atoms with Crippen molar-refractivity contribution < 1.29 is 20.6 Å². The van der Waals surface area contributed by atoms with Crippen LogP contribution in [0.25, 0.3) is 87.7 Å². The van der Waals surface area contributed by atoms with Crippen molar-refractivity contribution in [2.75, 3.05) is 0 Å². The molecule has 9 aromatic rings. The minimum atomic E-state index is -0.822. The molecule has 0 saturated heterocycles. The molecule has 0 saturated carbocycles. The van der Waals surface area contributed by atoms with Gasteiger partial charge in [-0.15, -0.1) is 11.3 Å². The van der Waals surface area contributed by atoms with Gasteiger partial charge in [-0.05, 0) is 57.6 Å². The van der Waals surface area contributed by atoms with Crippen LogP contribution >= 0.6 is 11.3 Å². The van der Waals surface area contributed by atoms with Gasteiger partial charge in [0.1, 0.15) is 0 Å². The molecular formula is C45H29N3S. The second-order valence-corrected chi connectivity index (χ2v) is 11.9. The molecule has 0 spiro atoms. The second kappa shape index (κ2) is 12.4. The van der Waals surface area contributed by atoms with Crippen LogP contribution in [0, 0.1) is 0 Å². The molecule has 0 bridgehead atoms. The number of aromatic nitrogens is 3. The summed E-state index contributed by atoms with van der Waals surface area (Å²) in [5, 5.41) is -0.222. The highest BCUT2D eigenvalue weighted by Crippen LogP contribution is 2.37. The van der Waals surface area contributed by atoms with Crippen molar-refractivity contribution in [3.63, 3.8) is 0 Å². The quantitative estimate of drug-likeness (QED) is 0.178. The number of thiophene rings is 1. The van der Waals surface area contributed by atoms with E-state index in [0.29, 0.717) is 11.1 Å². The van der Waals surface area contributed by atoms with E-state index in [1.807, 2.05) is 60.7 Å². The average molecular weight is 659 g/mol. The topological polar surface area (TPSA) is 38.7 Å². The first-order valence-corrected chi connectivity index (χ1v) is 16.0. The van der Waals surface area contributed by atoms with Gasteiger partial charge < -0.3 is 0 Å². The fraction of sp³-hybridized carbons (Fsp3) is 0. The third-order valence-electron chi connectivity index (χ3n) is 7.78. The monoisotopic (exact) mass is 658 g/mol. The minimum Gasteiger partial charge on any atom is -0.208 e. The van der Waals surface area contributed by atoms with E-state index in [9.17, 15) is 8.22 Å². The van der Waals surface area contributed by atoms with Gasteiger partial charge in [-0.25, -0.2) is 15.0 Å². The van der Waals surface area contributed by atoms with Gasteiger partial charge >= 0.3 is 0 Å². The molecule has 49 heavy (non-hydrogen) atoms. The zero-order valence-corrected chi connectivity index (χ0v) is 26.1. The lowest BCUT2D eigenvalue weighted by atomic mass is 9.97. The van der Waals surface area contributed by atoms with Crippen molar-refractivity contribution in [2.24, 2.45) is 0 Å². The predicted molar refractivity (Wildman–Crippen MR) is 205 cm³/mol. The van der Waals surface area contributed by atoms with Crippen LogP contribution in [0.15, 0.2) is 176 Å². The van der Waals surface area contributed by atoms with E-state index in [2.05, 4.69) is 9.97 Å². The second-order valence-electron chi connectivity index (χ2n) is 10.9. The van der Waals surface area contributed by atoms with Gasteiger partial charge in [0.15, 0.2) is 17.5 Å². The Morgan fingerprint density at radius 2 is 0.837 bits per heavy atom. The summed E-state index contributed by atoms with van der Waals surface area (Å²) in [5.74, 6) is 0.162. The van der Waals surface area contributed by atoms with Crippen molar-refractivity contribution in [1.82, 2.24) is 15.0 Å². The zero-order chi connectivity index (χ0) is 45.6. The maximum Gasteiger partial charge on any atom is 0.164 e. The first-order valence-electron chi connectivity index (χ1n) is 22.6. The van der Waals surface area contributed by atoms with E-state index in [1.54, 1.807) is 24.3 Å². The van der Waals surface area contributed by atoms with Crippen LogP contribution in [0.3, 0.4) is 0 Å². The average Bonchev–Trinajstić information content (AvgIpc) is 3.72. The molecule has 3 nitrogen and oxygen atoms in total. The van der Waals surface area contributed by atoms with Crippen LogP contribution in [0.2, 0.25) is 0 Å². The molecule has 0 fully saturated rings. The summed E-state index contributed by atoms with van der Waals surface area (Å²) < 4.78 is 134. The van der Waals surface area contributed by atoms with Crippen molar-refractivity contribution in [3.8, 4) is 67.5 Å². The molecule has 0 aliphatic rings. The van der Waals surface area contributed by atoms with E-state index in [0.717, 1.165) is 22.5 Å². The Balaban J connectivity index is 1.26. The first-order chi connectivity index (χ1) is 30.5. The highest BCUT2D eigenvalue weighted by Gasteiger charge is 2.13. The Morgan fingerprint density at radius 1 is 0.347 bits per heavy atom. The smallest absolute Gasteiger partial charge is 0.164 e. The largest absolute Gasteiger partial charge is 0.208 e. The van der Waals surface area contributed by atoms with Crippen molar-refractivity contribution in [1.29, 1.82) is 0 Å². The third-order valence-corrected chi connectivity index (χ3v) is 8.80. The summed E-state index contributed by atoms with van der Waals surface area (Å²) in [6, 6.07) is 16.4. The molecule has 0 aliphatic carbocycles. The van der Waals surface area contributed by atoms with Crippen LogP contribution in [0.1, 0.15) is 20.6 Å². The fourth-order valence-corrected chi connectivity index (χ4v) is 6.27. The number of hydrogen-bond acceptors (Lipinski definition) is 4. The van der Waals surface area contributed by atoms with Crippen LogP contribution in [-0.2, 0) is 0 Å². The summed E-state index contributed by atoms with van der Waals surface area (Å²) in [6.45, 7) is 0. The van der Waals surface area contributed by atoms with Gasteiger partial charge in [0.25, 0.3) is 0 Å². The Kier molecular flexibility index (Phi) is 4.37. The molecule has 0 aliphatic heterocycles. The van der Waals surface area contributed by atoms with E-state index >= 15 is 0 Å². The van der Waals surface area contributed by atoms with Crippen molar-refractivity contribution in [2.45, 2.75) is 0 Å². The maximum atomic E-state index is 9.41. The first kappa shape index (κ1) is 17.3. The Labute approximate surface area is 310 Å². The van der Waals surface area contributed by atoms with E-state index < -0.39 is 113 Å². The molecule has 0 atom stereocenters. The standard InChI is InChI=1S/C45H29N3S/c1-3-10-30(11-4-1)31-18-22-34(23-19-31)44-46-43(33-12-5-2-6-13-33)47-45(48-44)35-24-20-32(21-25-35)36-14-9-15-37(28-36)38-26-27-42-40(29-38)39-16-7-8-17-41(39)49-42/h1-29H/i7D,8D,9D,14D,15D,16D,17D,20D,21D,24D,25D,26D,27D,28D,29D. The summed E-state index contributed by atoms with van der Waals surface area (Å²) in [5.41, 5.74) is 0.511. The summed E-state index contributed by atoms with van der Waals surface area (Å²) in [7, 11) is 0. The summed E-state index contributed by atoms with van der Waals surface area (Å²) in [4.78, 5) is 14.0. The Morgan fingerprint density at radius 3 is 1.55 bits per heavy atom. The Bertz CT molecular complexity index is 3410. The molecule has 230 valence electrons. The van der Waals surface area contributed by atoms with Crippen molar-refractivity contribution >= 4 is 31.5 Å². The van der Waals surface area contributed by atoms with Gasteiger partial charge in [-0.3, -0.25) is 0 Å². The predicted octanol–water partition coefficient (Wildman–Crippen LogP) is 12.2. The zero-order valence-electron chi connectivity index (χ0n) is 40.3. The van der Waals surface area contributed by atoms with E-state index in [4.69, 9.17) is 17.3 Å². The van der Waals surface area contributed by atoms with Gasteiger partial charge in [0.2, 0.25) is 0 Å². The Hall–Kier alpha value is -6.23. The van der Waals surface area contributed by atoms with Crippen LogP contribution in [0.4, 0.5) is 0 Å². The van der Waals surface area contributed by atoms with Gasteiger partial charge in [0.05, 0.1) is 20.6 Å². The molecule has 2 aromatic heterocycles. The molecule has 0 amide bonds. The molecule has 2 heterocycles. The van der Waals surface area contributed by atoms with Gasteiger partial charge in [-0.2, -0.15) is 0 Å². The van der Waals surface area contributed by atoms with Gasteiger partial charge in [0, 0.05) is 36.9 Å². The summed E-state index contributed by atoms with van der Waals surface area (Å²) >= 11 is 0.799. The molecule has 0 unspecified atom stereocenters. The molecule has 0 radical (unpaired) electrons. The lowest BCUT2D eigenvalue weighted by molar-refractivity contribution is 1.07. The molecule has 7 aromatic carbocycles. The minimum absolute atomic E-state index is 0.00136. The molecule has 0 N–H and O–H groups in total. The number of rotatable bonds is 6.